The summed E-state index contributed by atoms with van der Waals surface area (Å²) in [5.41, 5.74) is 4.92. The lowest BCUT2D eigenvalue weighted by Crippen LogP contribution is -2.42. The van der Waals surface area contributed by atoms with Crippen LogP contribution in [0.3, 0.4) is 0 Å². The molecule has 0 unspecified atom stereocenters. The SMILES string of the molecule is CC(C)[C@@H](SC1=NCCS1)C(=O)NC(N)=O. The van der Waals surface area contributed by atoms with Gasteiger partial charge in [0.2, 0.25) is 5.91 Å². The van der Waals surface area contributed by atoms with Gasteiger partial charge in [-0.2, -0.15) is 0 Å². The fourth-order valence-electron chi connectivity index (χ4n) is 1.18. The molecule has 1 heterocycles. The number of thioether (sulfide) groups is 2. The lowest BCUT2D eigenvalue weighted by molar-refractivity contribution is -0.120. The van der Waals surface area contributed by atoms with Gasteiger partial charge in [-0.3, -0.25) is 15.1 Å². The van der Waals surface area contributed by atoms with Crippen molar-refractivity contribution in [1.82, 2.24) is 5.32 Å². The van der Waals surface area contributed by atoms with Crippen molar-refractivity contribution in [2.45, 2.75) is 19.1 Å². The molecule has 0 aromatic carbocycles. The van der Waals surface area contributed by atoms with Gasteiger partial charge in [-0.25, -0.2) is 4.79 Å². The number of imide groups is 1. The Hall–Kier alpha value is -0.690. The fourth-order valence-corrected chi connectivity index (χ4v) is 3.37. The highest BCUT2D eigenvalue weighted by Gasteiger charge is 2.26. The third-order valence-electron chi connectivity index (χ3n) is 1.90. The summed E-state index contributed by atoms with van der Waals surface area (Å²) in [4.78, 5) is 26.6. The van der Waals surface area contributed by atoms with E-state index in [9.17, 15) is 9.59 Å². The van der Waals surface area contributed by atoms with E-state index in [0.29, 0.717) is 0 Å². The highest BCUT2D eigenvalue weighted by molar-refractivity contribution is 8.39. The highest BCUT2D eigenvalue weighted by atomic mass is 32.2. The molecule has 0 saturated carbocycles. The summed E-state index contributed by atoms with van der Waals surface area (Å²) < 4.78 is 0.915. The molecule has 1 aliphatic rings. The fraction of sp³-hybridized carbons (Fsp3) is 0.667. The average molecular weight is 261 g/mol. The van der Waals surface area contributed by atoms with Gasteiger partial charge in [0.25, 0.3) is 0 Å². The van der Waals surface area contributed by atoms with Gasteiger partial charge in [-0.1, -0.05) is 37.4 Å². The molecule has 16 heavy (non-hydrogen) atoms. The zero-order chi connectivity index (χ0) is 12.1. The number of nitrogens with zero attached hydrogens (tertiary/aromatic N) is 1. The third kappa shape index (κ3) is 4.05. The van der Waals surface area contributed by atoms with Gasteiger partial charge in [0, 0.05) is 5.75 Å². The Kier molecular flexibility index (Phi) is 5.14. The Morgan fingerprint density at radius 3 is 2.69 bits per heavy atom. The number of carbonyl (C=O) groups excluding carboxylic acids is 2. The molecule has 0 aromatic rings. The predicted octanol–water partition coefficient (Wildman–Crippen LogP) is 1.04. The molecule has 3 N–H and O–H groups in total. The minimum absolute atomic E-state index is 0.119. The average Bonchev–Trinajstić information content (AvgIpc) is 2.64. The van der Waals surface area contributed by atoms with Crippen molar-refractivity contribution in [2.24, 2.45) is 16.6 Å². The lowest BCUT2D eigenvalue weighted by Gasteiger charge is -2.18. The Balaban J connectivity index is 2.59. The zero-order valence-corrected chi connectivity index (χ0v) is 10.9. The van der Waals surface area contributed by atoms with Crippen molar-refractivity contribution in [3.63, 3.8) is 0 Å². The second kappa shape index (κ2) is 6.15. The van der Waals surface area contributed by atoms with E-state index in [4.69, 9.17) is 5.73 Å². The number of rotatable bonds is 3. The molecule has 0 bridgehead atoms. The van der Waals surface area contributed by atoms with Crippen LogP contribution in [0.5, 0.6) is 0 Å². The van der Waals surface area contributed by atoms with Crippen molar-refractivity contribution in [3.05, 3.63) is 0 Å². The minimum Gasteiger partial charge on any atom is -0.351 e. The van der Waals surface area contributed by atoms with E-state index in [0.717, 1.165) is 16.7 Å². The van der Waals surface area contributed by atoms with E-state index in [1.807, 2.05) is 13.8 Å². The maximum atomic E-state index is 11.7. The van der Waals surface area contributed by atoms with Crippen molar-refractivity contribution in [1.29, 1.82) is 0 Å². The van der Waals surface area contributed by atoms with Crippen LogP contribution >= 0.6 is 23.5 Å². The van der Waals surface area contributed by atoms with Crippen LogP contribution in [0.25, 0.3) is 0 Å². The van der Waals surface area contributed by atoms with Gasteiger partial charge in [0.15, 0.2) is 0 Å². The van der Waals surface area contributed by atoms with Crippen molar-refractivity contribution in [2.75, 3.05) is 12.3 Å². The summed E-state index contributed by atoms with van der Waals surface area (Å²) in [5.74, 6) is 0.737. The van der Waals surface area contributed by atoms with Crippen LogP contribution < -0.4 is 11.1 Å². The van der Waals surface area contributed by atoms with E-state index in [1.165, 1.54) is 11.8 Å². The first kappa shape index (κ1) is 13.4. The van der Waals surface area contributed by atoms with Crippen molar-refractivity contribution >= 4 is 39.8 Å². The zero-order valence-electron chi connectivity index (χ0n) is 9.23. The van der Waals surface area contributed by atoms with Gasteiger partial charge in [-0.15, -0.1) is 0 Å². The largest absolute Gasteiger partial charge is 0.351 e. The third-order valence-corrected chi connectivity index (χ3v) is 4.64. The molecule has 0 aromatic heterocycles. The monoisotopic (exact) mass is 261 g/mol. The number of hydrogen-bond acceptors (Lipinski definition) is 5. The number of hydrogen-bond donors (Lipinski definition) is 2. The Bertz CT molecular complexity index is 318. The van der Waals surface area contributed by atoms with E-state index >= 15 is 0 Å². The van der Waals surface area contributed by atoms with Crippen LogP contribution in [-0.4, -0.2) is 33.9 Å². The van der Waals surface area contributed by atoms with E-state index in [1.54, 1.807) is 11.8 Å². The summed E-state index contributed by atoms with van der Waals surface area (Å²) in [7, 11) is 0. The minimum atomic E-state index is -0.808. The standard InChI is InChI=1S/C9H15N3O2S2/c1-5(2)6(7(13)12-8(10)14)16-9-11-3-4-15-9/h5-6H,3-4H2,1-2H3,(H3,10,12,13,14)/t6-/m1/s1. The Morgan fingerprint density at radius 2 is 2.25 bits per heavy atom. The molecular weight excluding hydrogens is 246 g/mol. The van der Waals surface area contributed by atoms with Gasteiger partial charge < -0.3 is 5.73 Å². The first-order valence-electron chi connectivity index (χ1n) is 4.95. The van der Waals surface area contributed by atoms with Crippen LogP contribution in [0.4, 0.5) is 4.79 Å². The van der Waals surface area contributed by atoms with Gasteiger partial charge in [-0.05, 0) is 5.92 Å². The molecule has 5 nitrogen and oxygen atoms in total. The quantitative estimate of drug-likeness (QED) is 0.795. The number of primary amides is 1. The molecule has 0 spiro atoms. The molecule has 0 radical (unpaired) electrons. The second-order valence-electron chi connectivity index (χ2n) is 3.63. The number of nitrogens with two attached hydrogens (primary N) is 1. The van der Waals surface area contributed by atoms with Crippen LogP contribution in [0.2, 0.25) is 0 Å². The molecule has 3 amide bonds. The van der Waals surface area contributed by atoms with Crippen LogP contribution in [0.15, 0.2) is 4.99 Å². The topological polar surface area (TPSA) is 84.6 Å². The molecule has 7 heteroatoms. The highest BCUT2D eigenvalue weighted by Crippen LogP contribution is 2.29. The Morgan fingerprint density at radius 1 is 1.56 bits per heavy atom. The van der Waals surface area contributed by atoms with Crippen LogP contribution in [0.1, 0.15) is 13.8 Å². The van der Waals surface area contributed by atoms with Crippen LogP contribution in [0, 0.1) is 5.92 Å². The van der Waals surface area contributed by atoms with Crippen molar-refractivity contribution in [3.8, 4) is 0 Å². The second-order valence-corrected chi connectivity index (χ2v) is 6.10. The van der Waals surface area contributed by atoms with Crippen molar-refractivity contribution < 1.29 is 9.59 Å². The molecule has 0 fully saturated rings. The molecular formula is C9H15N3O2S2. The smallest absolute Gasteiger partial charge is 0.318 e. The van der Waals surface area contributed by atoms with Crippen LogP contribution in [-0.2, 0) is 4.79 Å². The first-order chi connectivity index (χ1) is 7.50. The molecule has 1 aliphatic heterocycles. The number of carbonyl (C=O) groups is 2. The maximum Gasteiger partial charge on any atom is 0.318 e. The lowest BCUT2D eigenvalue weighted by atomic mass is 10.1. The molecule has 0 saturated heterocycles. The molecule has 90 valence electrons. The van der Waals surface area contributed by atoms with E-state index in [-0.39, 0.29) is 17.1 Å². The summed E-state index contributed by atoms with van der Waals surface area (Å²) in [6.07, 6.45) is 0. The summed E-state index contributed by atoms with van der Waals surface area (Å²) in [5, 5.41) is 1.79. The maximum absolute atomic E-state index is 11.7. The summed E-state index contributed by atoms with van der Waals surface area (Å²) in [6.45, 7) is 4.66. The molecule has 1 rings (SSSR count). The Labute approximate surface area is 103 Å². The van der Waals surface area contributed by atoms with E-state index < -0.39 is 6.03 Å². The number of urea groups is 1. The van der Waals surface area contributed by atoms with Gasteiger partial charge in [0.05, 0.1) is 11.8 Å². The number of amides is 3. The summed E-state index contributed by atoms with van der Waals surface area (Å²) in [6, 6.07) is -0.808. The van der Waals surface area contributed by atoms with Gasteiger partial charge in [0.1, 0.15) is 4.38 Å². The number of aliphatic imine (C=N–C) groups is 1. The first-order valence-corrected chi connectivity index (χ1v) is 6.81. The summed E-state index contributed by atoms with van der Waals surface area (Å²) >= 11 is 3.04. The number of nitrogens with one attached hydrogen (secondary N) is 1. The normalized spacial score (nSPS) is 17.1. The molecule has 0 aliphatic carbocycles. The predicted molar refractivity (Wildman–Crippen MR) is 68.7 cm³/mol. The van der Waals surface area contributed by atoms with Gasteiger partial charge >= 0.3 is 6.03 Å². The van der Waals surface area contributed by atoms with E-state index in [2.05, 4.69) is 10.3 Å². The molecule has 1 atom stereocenters.